The number of likely N-dealkylation sites (N-methyl/N-ethyl adjacent to an activating group) is 2. The number of para-hydroxylation sites is 2. The summed E-state index contributed by atoms with van der Waals surface area (Å²) < 4.78 is 2.64. The van der Waals surface area contributed by atoms with E-state index in [1.807, 2.05) is 14.1 Å². The molecule has 4 heteroatoms. The predicted octanol–water partition coefficient (Wildman–Crippen LogP) is 6.53. The summed E-state index contributed by atoms with van der Waals surface area (Å²) in [6.07, 6.45) is 10.4. The molecule has 4 nitrogen and oxygen atoms in total. The molecule has 36 heavy (non-hydrogen) atoms. The highest BCUT2D eigenvalue weighted by Gasteiger charge is 2.40. The zero-order valence-corrected chi connectivity index (χ0v) is 22.4. The predicted molar refractivity (Wildman–Crippen MR) is 155 cm³/mol. The number of H-pyrrole nitrogens is 1. The first kappa shape index (κ1) is 24.6. The van der Waals surface area contributed by atoms with Crippen LogP contribution in [-0.4, -0.2) is 36.7 Å². The molecule has 0 spiro atoms. The Labute approximate surface area is 215 Å². The van der Waals surface area contributed by atoms with Gasteiger partial charge in [0.25, 0.3) is 0 Å². The minimum Gasteiger partial charge on any atom is -0.355 e. The molecule has 3 N–H and O–H groups in total. The van der Waals surface area contributed by atoms with Crippen LogP contribution in [0.2, 0.25) is 0 Å². The molecule has 188 valence electrons. The Hall–Kier alpha value is -3.08. The van der Waals surface area contributed by atoms with Gasteiger partial charge in [0.15, 0.2) is 0 Å². The first-order valence-corrected chi connectivity index (χ1v) is 13.3. The minimum atomic E-state index is -0.110. The van der Waals surface area contributed by atoms with Gasteiger partial charge in [0.2, 0.25) is 0 Å². The molecule has 0 saturated heterocycles. The number of hydrogen-bond acceptors (Lipinski definition) is 2. The van der Waals surface area contributed by atoms with Crippen molar-refractivity contribution in [1.82, 2.24) is 20.2 Å². The third-order valence-electron chi connectivity index (χ3n) is 7.76. The van der Waals surface area contributed by atoms with Gasteiger partial charge in [0, 0.05) is 39.1 Å². The second-order valence-electron chi connectivity index (χ2n) is 10.7. The van der Waals surface area contributed by atoms with Gasteiger partial charge in [0.05, 0.1) is 5.54 Å². The summed E-state index contributed by atoms with van der Waals surface area (Å²) in [6, 6.07) is 17.7. The highest BCUT2D eigenvalue weighted by molar-refractivity contribution is 5.88. The van der Waals surface area contributed by atoms with Crippen LogP contribution in [0.25, 0.3) is 27.9 Å². The van der Waals surface area contributed by atoms with Gasteiger partial charge in [-0.2, -0.15) is 0 Å². The second-order valence-corrected chi connectivity index (χ2v) is 10.7. The van der Waals surface area contributed by atoms with Gasteiger partial charge in [-0.15, -0.1) is 0 Å². The number of benzene rings is 2. The number of aromatic amines is 1. The van der Waals surface area contributed by atoms with Gasteiger partial charge in [-0.05, 0) is 96.6 Å². The monoisotopic (exact) mass is 480 g/mol. The van der Waals surface area contributed by atoms with Crippen molar-refractivity contribution in [2.45, 2.75) is 51.5 Å². The third-order valence-corrected chi connectivity index (χ3v) is 7.76. The van der Waals surface area contributed by atoms with Crippen LogP contribution in [0.3, 0.4) is 0 Å². The van der Waals surface area contributed by atoms with Gasteiger partial charge in [-0.25, -0.2) is 0 Å². The Morgan fingerprint density at radius 1 is 0.972 bits per heavy atom. The Kier molecular flexibility index (Phi) is 6.92. The number of nitrogens with one attached hydrogen (secondary N) is 3. The van der Waals surface area contributed by atoms with Gasteiger partial charge in [-0.3, -0.25) is 0 Å². The van der Waals surface area contributed by atoms with Crippen LogP contribution in [-0.2, 0) is 18.4 Å². The molecule has 0 fully saturated rings. The smallest absolute Gasteiger partial charge is 0.0616 e. The van der Waals surface area contributed by atoms with Gasteiger partial charge >= 0.3 is 0 Å². The van der Waals surface area contributed by atoms with Crippen molar-refractivity contribution in [2.75, 3.05) is 27.2 Å². The lowest BCUT2D eigenvalue weighted by atomic mass is 9.88. The molecular weight excluding hydrogens is 440 g/mol. The Morgan fingerprint density at radius 2 is 1.64 bits per heavy atom. The summed E-state index contributed by atoms with van der Waals surface area (Å²) in [4.78, 5) is 3.71. The van der Waals surface area contributed by atoms with E-state index in [1.54, 1.807) is 0 Å². The standard InChI is InChI=1S/C32H40N4/c1-22(2)20-23-21-32(3,36-30-13-9-7-11-26(30)27(31(23)36)16-19-34-5)17-14-29-25(15-18-33-4)24-10-6-8-12-28(24)35-29/h6-14,17,20,23,33-35H,15-16,18-19,21H2,1-5H3/b17-14+/t23-,32-/m1/s1. The summed E-state index contributed by atoms with van der Waals surface area (Å²) in [6.45, 7) is 8.81. The van der Waals surface area contributed by atoms with E-state index in [0.29, 0.717) is 5.92 Å². The van der Waals surface area contributed by atoms with E-state index in [2.05, 4.69) is 108 Å². The fraction of sp³-hybridized carbons (Fsp3) is 0.375. The highest BCUT2D eigenvalue weighted by atomic mass is 15.1. The van der Waals surface area contributed by atoms with Gasteiger partial charge < -0.3 is 20.2 Å². The lowest BCUT2D eigenvalue weighted by Crippen LogP contribution is -2.23. The van der Waals surface area contributed by atoms with E-state index in [-0.39, 0.29) is 5.54 Å². The van der Waals surface area contributed by atoms with Gasteiger partial charge in [-0.1, -0.05) is 54.1 Å². The number of rotatable bonds is 9. The topological polar surface area (TPSA) is 44.8 Å². The van der Waals surface area contributed by atoms with Crippen molar-refractivity contribution in [3.05, 3.63) is 88.8 Å². The van der Waals surface area contributed by atoms with Gasteiger partial charge in [0.1, 0.15) is 0 Å². The van der Waals surface area contributed by atoms with Crippen molar-refractivity contribution in [3.8, 4) is 0 Å². The number of hydrogen-bond donors (Lipinski definition) is 3. The summed E-state index contributed by atoms with van der Waals surface area (Å²) in [5, 5.41) is 9.42. The van der Waals surface area contributed by atoms with Crippen LogP contribution in [0, 0.1) is 0 Å². The summed E-state index contributed by atoms with van der Waals surface area (Å²) >= 11 is 0. The fourth-order valence-corrected chi connectivity index (χ4v) is 6.24. The van der Waals surface area contributed by atoms with E-state index in [1.165, 1.54) is 49.9 Å². The van der Waals surface area contributed by atoms with Crippen LogP contribution in [0.4, 0.5) is 0 Å². The SMILES string of the molecule is CNCCc1c(/C=C/[C@]2(C)C[C@@H](C=C(C)C)c3c(CCNC)c4ccccc4n32)[nH]c2ccccc12. The van der Waals surface area contributed by atoms with Crippen LogP contribution in [0.15, 0.2) is 66.3 Å². The highest BCUT2D eigenvalue weighted by Crippen LogP contribution is 2.49. The minimum absolute atomic E-state index is 0.110. The zero-order chi connectivity index (χ0) is 25.3. The van der Waals surface area contributed by atoms with Crippen molar-refractivity contribution < 1.29 is 0 Å². The van der Waals surface area contributed by atoms with Crippen LogP contribution < -0.4 is 10.6 Å². The lowest BCUT2D eigenvalue weighted by molar-refractivity contribution is 0.439. The average Bonchev–Trinajstić information content (AvgIpc) is 3.48. The van der Waals surface area contributed by atoms with Crippen LogP contribution in [0.5, 0.6) is 0 Å². The van der Waals surface area contributed by atoms with E-state index in [9.17, 15) is 0 Å². The molecule has 0 aliphatic carbocycles. The van der Waals surface area contributed by atoms with Crippen molar-refractivity contribution in [1.29, 1.82) is 0 Å². The number of aromatic nitrogens is 2. The molecule has 0 bridgehead atoms. The first-order valence-electron chi connectivity index (χ1n) is 13.3. The molecule has 3 heterocycles. The molecule has 0 amide bonds. The molecule has 0 radical (unpaired) electrons. The largest absolute Gasteiger partial charge is 0.355 e. The van der Waals surface area contributed by atoms with Crippen molar-refractivity contribution in [3.63, 3.8) is 0 Å². The number of fused-ring (bicyclic) bond motifs is 4. The Morgan fingerprint density at radius 3 is 2.36 bits per heavy atom. The third kappa shape index (κ3) is 4.33. The van der Waals surface area contributed by atoms with Crippen LogP contribution in [0.1, 0.15) is 55.6 Å². The van der Waals surface area contributed by atoms with Crippen molar-refractivity contribution >= 4 is 27.9 Å². The number of nitrogens with zero attached hydrogens (tertiary/aromatic N) is 1. The summed E-state index contributed by atoms with van der Waals surface area (Å²) in [7, 11) is 4.07. The molecule has 1 aliphatic rings. The van der Waals surface area contributed by atoms with E-state index in [4.69, 9.17) is 0 Å². The first-order chi connectivity index (χ1) is 17.5. The number of allylic oxidation sites excluding steroid dienone is 3. The van der Waals surface area contributed by atoms with E-state index in [0.717, 1.165) is 32.4 Å². The maximum atomic E-state index is 3.71. The fourth-order valence-electron chi connectivity index (χ4n) is 6.24. The molecule has 4 aromatic rings. The molecule has 5 rings (SSSR count). The summed E-state index contributed by atoms with van der Waals surface area (Å²) in [5.41, 5.74) is 9.45. The molecule has 2 aromatic heterocycles. The van der Waals surface area contributed by atoms with Crippen molar-refractivity contribution in [2.24, 2.45) is 0 Å². The quantitative estimate of drug-likeness (QED) is 0.239. The Balaban J connectivity index is 1.65. The van der Waals surface area contributed by atoms with E-state index >= 15 is 0 Å². The normalized spacial score (nSPS) is 19.5. The second kappa shape index (κ2) is 10.1. The maximum Gasteiger partial charge on any atom is 0.0616 e. The lowest BCUT2D eigenvalue weighted by Gasteiger charge is -2.25. The molecular formula is C32H40N4. The zero-order valence-electron chi connectivity index (χ0n) is 22.4. The molecule has 1 aliphatic heterocycles. The molecule has 0 unspecified atom stereocenters. The Bertz CT molecular complexity index is 1430. The molecule has 2 aromatic carbocycles. The maximum absolute atomic E-state index is 3.71. The average molecular weight is 481 g/mol. The molecule has 2 atom stereocenters. The van der Waals surface area contributed by atoms with E-state index < -0.39 is 0 Å². The summed E-state index contributed by atoms with van der Waals surface area (Å²) in [5.74, 6) is 0.412. The molecule has 0 saturated carbocycles. The van der Waals surface area contributed by atoms with Crippen LogP contribution >= 0.6 is 0 Å².